The molecule has 1 aliphatic rings. The average molecular weight is 329 g/mol. The quantitative estimate of drug-likeness (QED) is 0.787. The Morgan fingerprint density at radius 3 is 2.86 bits per heavy atom. The van der Waals surface area contributed by atoms with Crippen molar-refractivity contribution in [2.24, 2.45) is 0 Å². The van der Waals surface area contributed by atoms with Crippen LogP contribution in [0.5, 0.6) is 0 Å². The van der Waals surface area contributed by atoms with Crippen molar-refractivity contribution in [3.05, 3.63) is 29.8 Å². The zero-order chi connectivity index (χ0) is 14.4. The van der Waals surface area contributed by atoms with Gasteiger partial charge in [0.05, 0.1) is 0 Å². The van der Waals surface area contributed by atoms with Gasteiger partial charge in [-0.25, -0.2) is 0 Å². The Morgan fingerprint density at radius 2 is 2.14 bits per heavy atom. The van der Waals surface area contributed by atoms with Gasteiger partial charge in [0, 0.05) is 23.4 Å². The van der Waals surface area contributed by atoms with Crippen LogP contribution in [0.1, 0.15) is 38.2 Å². The third-order valence-electron chi connectivity index (χ3n) is 3.86. The number of amides is 1. The summed E-state index contributed by atoms with van der Waals surface area (Å²) in [6, 6.07) is 8.13. The molecule has 2 rings (SSSR count). The lowest BCUT2D eigenvalue weighted by molar-refractivity contribution is -0.121. The van der Waals surface area contributed by atoms with E-state index in [1.54, 1.807) is 0 Å². The van der Waals surface area contributed by atoms with Crippen molar-refractivity contribution in [1.82, 2.24) is 5.32 Å². The molecular weight excluding hydrogens is 304 g/mol. The lowest BCUT2D eigenvalue weighted by atomic mass is 10.1. The first-order valence-electron chi connectivity index (χ1n) is 7.45. The molecule has 1 aromatic rings. The molecule has 0 aromatic heterocycles. The second-order valence-corrected chi connectivity index (χ2v) is 6.81. The van der Waals surface area contributed by atoms with Crippen LogP contribution in [0, 0.1) is 0 Å². The van der Waals surface area contributed by atoms with Crippen molar-refractivity contribution in [3.8, 4) is 0 Å². The maximum Gasteiger partial charge on any atom is 0.220 e. The SMILES string of the molecule is CCSC1CCCC1NC(=O)CCc1ccccc1N.Cl. The number of aryl methyl sites for hydroxylation is 1. The molecule has 0 spiro atoms. The molecule has 1 saturated carbocycles. The summed E-state index contributed by atoms with van der Waals surface area (Å²) in [5.74, 6) is 1.28. The van der Waals surface area contributed by atoms with Crippen LogP contribution in [0.2, 0.25) is 0 Å². The smallest absolute Gasteiger partial charge is 0.220 e. The molecule has 1 aliphatic carbocycles. The molecule has 1 fully saturated rings. The highest BCUT2D eigenvalue weighted by atomic mass is 35.5. The van der Waals surface area contributed by atoms with Crippen LogP contribution in [-0.4, -0.2) is 23.0 Å². The van der Waals surface area contributed by atoms with Crippen LogP contribution in [0.25, 0.3) is 0 Å². The number of hydrogen-bond donors (Lipinski definition) is 2. The summed E-state index contributed by atoms with van der Waals surface area (Å²) in [6.45, 7) is 2.18. The van der Waals surface area contributed by atoms with Gasteiger partial charge in [0.1, 0.15) is 0 Å². The van der Waals surface area contributed by atoms with Crippen LogP contribution in [0.15, 0.2) is 24.3 Å². The molecule has 5 heteroatoms. The fourth-order valence-electron chi connectivity index (χ4n) is 2.79. The minimum Gasteiger partial charge on any atom is -0.399 e. The van der Waals surface area contributed by atoms with E-state index in [9.17, 15) is 4.79 Å². The van der Waals surface area contributed by atoms with E-state index in [0.29, 0.717) is 17.7 Å². The highest BCUT2D eigenvalue weighted by Gasteiger charge is 2.28. The zero-order valence-corrected chi connectivity index (χ0v) is 14.1. The fourth-order valence-corrected chi connectivity index (χ4v) is 3.99. The van der Waals surface area contributed by atoms with Crippen LogP contribution in [0.4, 0.5) is 5.69 Å². The normalized spacial score (nSPS) is 20.8. The summed E-state index contributed by atoms with van der Waals surface area (Å²) in [6.07, 6.45) is 4.82. The number of nitrogen functional groups attached to an aromatic ring is 1. The van der Waals surface area contributed by atoms with Gasteiger partial charge in [-0.3, -0.25) is 4.79 Å². The molecule has 1 aromatic carbocycles. The van der Waals surface area contributed by atoms with Gasteiger partial charge in [0.15, 0.2) is 0 Å². The summed E-state index contributed by atoms with van der Waals surface area (Å²) in [7, 11) is 0. The van der Waals surface area contributed by atoms with E-state index in [0.717, 1.165) is 29.8 Å². The van der Waals surface area contributed by atoms with E-state index >= 15 is 0 Å². The lowest BCUT2D eigenvalue weighted by Gasteiger charge is -2.20. The first kappa shape index (κ1) is 18.2. The topological polar surface area (TPSA) is 55.1 Å². The number of benzene rings is 1. The Hall–Kier alpha value is -0.870. The minimum absolute atomic E-state index is 0. The van der Waals surface area contributed by atoms with Gasteiger partial charge in [-0.15, -0.1) is 12.4 Å². The second-order valence-electron chi connectivity index (χ2n) is 5.30. The number of carbonyl (C=O) groups is 1. The van der Waals surface area contributed by atoms with Crippen molar-refractivity contribution < 1.29 is 4.79 Å². The standard InChI is InChI=1S/C16H24N2OS.ClH/c1-2-20-15-9-5-8-14(15)18-16(19)11-10-12-6-3-4-7-13(12)17;/h3-4,6-7,14-15H,2,5,8-11,17H2,1H3,(H,18,19);1H. The van der Waals surface area contributed by atoms with Gasteiger partial charge in [-0.05, 0) is 36.6 Å². The largest absolute Gasteiger partial charge is 0.399 e. The van der Waals surface area contributed by atoms with Crippen LogP contribution in [-0.2, 0) is 11.2 Å². The van der Waals surface area contributed by atoms with Gasteiger partial charge in [0.25, 0.3) is 0 Å². The average Bonchev–Trinajstić information content (AvgIpc) is 2.86. The van der Waals surface area contributed by atoms with Gasteiger partial charge < -0.3 is 11.1 Å². The highest BCUT2D eigenvalue weighted by molar-refractivity contribution is 7.99. The van der Waals surface area contributed by atoms with E-state index in [1.807, 2.05) is 36.0 Å². The summed E-state index contributed by atoms with van der Waals surface area (Å²) in [5, 5.41) is 3.81. The first-order chi connectivity index (χ1) is 9.70. The Labute approximate surface area is 137 Å². The fraction of sp³-hybridized carbons (Fsp3) is 0.562. The molecule has 0 saturated heterocycles. The molecular formula is C16H25ClN2OS. The van der Waals surface area contributed by atoms with E-state index in [1.165, 1.54) is 12.8 Å². The van der Waals surface area contributed by atoms with E-state index in [4.69, 9.17) is 5.73 Å². The predicted octanol–water partition coefficient (Wildman–Crippen LogP) is 3.41. The predicted molar refractivity (Wildman–Crippen MR) is 94.1 cm³/mol. The van der Waals surface area contributed by atoms with Crippen molar-refractivity contribution in [3.63, 3.8) is 0 Å². The van der Waals surface area contributed by atoms with E-state index in [2.05, 4.69) is 12.2 Å². The summed E-state index contributed by atoms with van der Waals surface area (Å²) < 4.78 is 0. The maximum absolute atomic E-state index is 12.1. The third-order valence-corrected chi connectivity index (χ3v) is 5.18. The second kappa shape index (κ2) is 9.21. The first-order valence-corrected chi connectivity index (χ1v) is 8.50. The van der Waals surface area contributed by atoms with E-state index in [-0.39, 0.29) is 18.3 Å². The number of thioether (sulfide) groups is 1. The van der Waals surface area contributed by atoms with Crippen molar-refractivity contribution in [2.45, 2.75) is 50.3 Å². The summed E-state index contributed by atoms with van der Waals surface area (Å²) in [5.41, 5.74) is 7.74. The van der Waals surface area contributed by atoms with Crippen molar-refractivity contribution in [1.29, 1.82) is 0 Å². The third kappa shape index (κ3) is 5.44. The number of rotatable bonds is 6. The monoisotopic (exact) mass is 328 g/mol. The van der Waals surface area contributed by atoms with Gasteiger partial charge in [-0.1, -0.05) is 31.5 Å². The summed E-state index contributed by atoms with van der Waals surface area (Å²) >= 11 is 1.97. The van der Waals surface area contributed by atoms with E-state index < -0.39 is 0 Å². The Kier molecular flexibility index (Phi) is 7.97. The Morgan fingerprint density at radius 1 is 1.38 bits per heavy atom. The maximum atomic E-state index is 12.1. The van der Waals surface area contributed by atoms with Gasteiger partial charge in [-0.2, -0.15) is 11.8 Å². The Balaban J connectivity index is 0.00000220. The van der Waals surface area contributed by atoms with Gasteiger partial charge >= 0.3 is 0 Å². The van der Waals surface area contributed by atoms with Crippen LogP contribution < -0.4 is 11.1 Å². The summed E-state index contributed by atoms with van der Waals surface area (Å²) in [4.78, 5) is 12.1. The number of nitrogens with one attached hydrogen (secondary N) is 1. The van der Waals surface area contributed by atoms with Crippen LogP contribution >= 0.6 is 24.2 Å². The van der Waals surface area contributed by atoms with Crippen molar-refractivity contribution >= 4 is 35.8 Å². The number of hydrogen-bond acceptors (Lipinski definition) is 3. The molecule has 2 atom stereocenters. The Bertz CT molecular complexity index is 456. The number of para-hydroxylation sites is 1. The van der Waals surface area contributed by atoms with Gasteiger partial charge in [0.2, 0.25) is 5.91 Å². The zero-order valence-electron chi connectivity index (χ0n) is 12.5. The highest BCUT2D eigenvalue weighted by Crippen LogP contribution is 2.29. The molecule has 21 heavy (non-hydrogen) atoms. The molecule has 0 bridgehead atoms. The molecule has 3 N–H and O–H groups in total. The molecule has 0 radical (unpaired) electrons. The minimum atomic E-state index is 0. The number of anilines is 1. The molecule has 3 nitrogen and oxygen atoms in total. The van der Waals surface area contributed by atoms with Crippen molar-refractivity contribution in [2.75, 3.05) is 11.5 Å². The van der Waals surface area contributed by atoms with Crippen LogP contribution in [0.3, 0.4) is 0 Å². The molecule has 2 unspecified atom stereocenters. The molecule has 118 valence electrons. The molecule has 0 aliphatic heterocycles. The molecule has 1 amide bonds. The molecule has 0 heterocycles. The number of nitrogens with two attached hydrogens (primary N) is 1. The number of halogens is 1. The number of carbonyl (C=O) groups excluding carboxylic acids is 1. The lowest BCUT2D eigenvalue weighted by Crippen LogP contribution is -2.38.